The molecule has 1 aromatic heterocycles. The highest BCUT2D eigenvalue weighted by Crippen LogP contribution is 2.06. The lowest BCUT2D eigenvalue weighted by Crippen LogP contribution is -2.46. The van der Waals surface area contributed by atoms with E-state index in [1.165, 1.54) is 20.1 Å². The number of ether oxygens (including phenoxy) is 1. The highest BCUT2D eigenvalue weighted by atomic mass is 16.5. The van der Waals surface area contributed by atoms with E-state index in [4.69, 9.17) is 9.26 Å². The molecule has 19 heavy (non-hydrogen) atoms. The van der Waals surface area contributed by atoms with E-state index < -0.39 is 17.4 Å². The summed E-state index contributed by atoms with van der Waals surface area (Å²) in [6, 6.07) is 1.48. The molecule has 3 N–H and O–H groups in total. The Morgan fingerprint density at radius 2 is 2.21 bits per heavy atom. The van der Waals surface area contributed by atoms with Gasteiger partial charge in [0.1, 0.15) is 11.4 Å². The number of aryl methyl sites for hydroxylation is 1. The third-order valence-corrected chi connectivity index (χ3v) is 2.16. The summed E-state index contributed by atoms with van der Waals surface area (Å²) in [5, 5.41) is 17.8. The lowest BCUT2D eigenvalue weighted by Gasteiger charge is -2.22. The number of aliphatic hydroxyl groups is 1. The number of rotatable bonds is 5. The van der Waals surface area contributed by atoms with Gasteiger partial charge < -0.3 is 19.7 Å². The maximum absolute atomic E-state index is 11.5. The van der Waals surface area contributed by atoms with Gasteiger partial charge in [0.2, 0.25) is 0 Å². The average molecular weight is 271 g/mol. The van der Waals surface area contributed by atoms with Crippen molar-refractivity contribution >= 4 is 17.6 Å². The SMILES string of the molecule is COCC(C)(O)CNC(=O)C(=O)Nc1cc(C)on1. The van der Waals surface area contributed by atoms with Gasteiger partial charge in [-0.3, -0.25) is 14.9 Å². The minimum atomic E-state index is -1.24. The standard InChI is InChI=1S/C11H17N3O5/c1-7-4-8(14-19-7)13-10(16)9(15)12-5-11(2,17)6-18-3/h4,17H,5-6H2,1-3H3,(H,12,15)(H,13,14,16). The first kappa shape index (κ1) is 15.1. The number of aromatic nitrogens is 1. The van der Waals surface area contributed by atoms with Crippen LogP contribution in [0.5, 0.6) is 0 Å². The second-order valence-electron chi connectivity index (χ2n) is 4.39. The van der Waals surface area contributed by atoms with E-state index in [0.717, 1.165) is 0 Å². The first-order chi connectivity index (χ1) is 8.84. The molecule has 0 aliphatic rings. The highest BCUT2D eigenvalue weighted by molar-refractivity contribution is 6.39. The van der Waals surface area contributed by atoms with Crippen LogP contribution in [0.25, 0.3) is 0 Å². The molecule has 1 aromatic rings. The molecule has 1 unspecified atom stereocenters. The number of methoxy groups -OCH3 is 1. The number of anilines is 1. The number of nitrogens with one attached hydrogen (secondary N) is 2. The average Bonchev–Trinajstić information content (AvgIpc) is 2.71. The zero-order valence-corrected chi connectivity index (χ0v) is 11.0. The number of carbonyl (C=O) groups is 2. The lowest BCUT2D eigenvalue weighted by atomic mass is 10.1. The minimum absolute atomic E-state index is 0.0391. The summed E-state index contributed by atoms with van der Waals surface area (Å²) in [5.74, 6) is -1.10. The number of nitrogens with zero attached hydrogens (tertiary/aromatic N) is 1. The monoisotopic (exact) mass is 271 g/mol. The van der Waals surface area contributed by atoms with Crippen molar-refractivity contribution in [2.75, 3.05) is 25.6 Å². The van der Waals surface area contributed by atoms with E-state index in [1.54, 1.807) is 6.92 Å². The molecular weight excluding hydrogens is 254 g/mol. The number of carbonyl (C=O) groups excluding carboxylic acids is 2. The van der Waals surface area contributed by atoms with Gasteiger partial charge in [0.15, 0.2) is 5.82 Å². The molecule has 1 atom stereocenters. The van der Waals surface area contributed by atoms with Crippen LogP contribution in [0.15, 0.2) is 10.6 Å². The second-order valence-corrected chi connectivity index (χ2v) is 4.39. The molecule has 1 heterocycles. The Morgan fingerprint density at radius 3 is 2.74 bits per heavy atom. The van der Waals surface area contributed by atoms with Gasteiger partial charge >= 0.3 is 11.8 Å². The minimum Gasteiger partial charge on any atom is -0.386 e. The molecule has 0 aliphatic heterocycles. The Labute approximate surface area is 110 Å². The highest BCUT2D eigenvalue weighted by Gasteiger charge is 2.23. The Morgan fingerprint density at radius 1 is 1.53 bits per heavy atom. The zero-order chi connectivity index (χ0) is 14.5. The molecule has 0 bridgehead atoms. The molecule has 0 fully saturated rings. The zero-order valence-electron chi connectivity index (χ0n) is 11.0. The van der Waals surface area contributed by atoms with Crippen molar-refractivity contribution in [1.29, 1.82) is 0 Å². The van der Waals surface area contributed by atoms with Gasteiger partial charge in [0.05, 0.1) is 6.61 Å². The van der Waals surface area contributed by atoms with Crippen molar-refractivity contribution in [2.24, 2.45) is 0 Å². The van der Waals surface area contributed by atoms with E-state index in [2.05, 4.69) is 15.8 Å². The predicted octanol–water partition coefficient (Wildman–Crippen LogP) is -0.565. The van der Waals surface area contributed by atoms with E-state index in [1.807, 2.05) is 0 Å². The van der Waals surface area contributed by atoms with E-state index in [9.17, 15) is 14.7 Å². The van der Waals surface area contributed by atoms with Crippen LogP contribution in [0.1, 0.15) is 12.7 Å². The van der Waals surface area contributed by atoms with E-state index in [0.29, 0.717) is 5.76 Å². The molecule has 0 saturated heterocycles. The van der Waals surface area contributed by atoms with Crippen LogP contribution >= 0.6 is 0 Å². The van der Waals surface area contributed by atoms with Crippen molar-refractivity contribution in [3.63, 3.8) is 0 Å². The third kappa shape index (κ3) is 5.06. The molecule has 0 radical (unpaired) electrons. The van der Waals surface area contributed by atoms with Gasteiger partial charge in [-0.05, 0) is 13.8 Å². The van der Waals surface area contributed by atoms with Crippen LogP contribution in [0, 0.1) is 6.92 Å². The molecule has 8 nitrogen and oxygen atoms in total. The van der Waals surface area contributed by atoms with Crippen molar-refractivity contribution in [2.45, 2.75) is 19.4 Å². The normalized spacial score (nSPS) is 13.7. The summed E-state index contributed by atoms with van der Waals surface area (Å²) in [6.45, 7) is 3.07. The van der Waals surface area contributed by atoms with Gasteiger partial charge in [0, 0.05) is 19.7 Å². The fourth-order valence-corrected chi connectivity index (χ4v) is 1.31. The van der Waals surface area contributed by atoms with Crippen molar-refractivity contribution in [3.8, 4) is 0 Å². The molecule has 2 amide bonds. The quantitative estimate of drug-likeness (QED) is 0.618. The first-order valence-electron chi connectivity index (χ1n) is 5.58. The van der Waals surface area contributed by atoms with Crippen LogP contribution in [0.3, 0.4) is 0 Å². The number of amides is 2. The van der Waals surface area contributed by atoms with Crippen molar-refractivity contribution in [3.05, 3.63) is 11.8 Å². The summed E-state index contributed by atoms with van der Waals surface area (Å²) in [5.41, 5.74) is -1.24. The molecular formula is C11H17N3O5. The molecule has 0 spiro atoms. The topological polar surface area (TPSA) is 114 Å². The fourth-order valence-electron chi connectivity index (χ4n) is 1.31. The van der Waals surface area contributed by atoms with E-state index >= 15 is 0 Å². The van der Waals surface area contributed by atoms with Gasteiger partial charge in [0.25, 0.3) is 0 Å². The number of hydrogen-bond acceptors (Lipinski definition) is 6. The summed E-state index contributed by atoms with van der Waals surface area (Å²) in [4.78, 5) is 23.0. The maximum Gasteiger partial charge on any atom is 0.314 e. The smallest absolute Gasteiger partial charge is 0.314 e. The lowest BCUT2D eigenvalue weighted by molar-refractivity contribution is -0.137. The first-order valence-corrected chi connectivity index (χ1v) is 5.58. The van der Waals surface area contributed by atoms with Gasteiger partial charge in [-0.1, -0.05) is 5.16 Å². The Balaban J connectivity index is 2.43. The van der Waals surface area contributed by atoms with Crippen LogP contribution in [-0.4, -0.2) is 47.9 Å². The largest absolute Gasteiger partial charge is 0.386 e. The Kier molecular flexibility index (Phi) is 5.02. The molecule has 0 aliphatic carbocycles. The summed E-state index contributed by atoms with van der Waals surface area (Å²) >= 11 is 0. The van der Waals surface area contributed by atoms with Crippen LogP contribution < -0.4 is 10.6 Å². The van der Waals surface area contributed by atoms with Crippen LogP contribution in [-0.2, 0) is 14.3 Å². The number of hydrogen-bond donors (Lipinski definition) is 3. The summed E-state index contributed by atoms with van der Waals surface area (Å²) in [6.07, 6.45) is 0. The van der Waals surface area contributed by atoms with Gasteiger partial charge in [-0.25, -0.2) is 0 Å². The maximum atomic E-state index is 11.5. The summed E-state index contributed by atoms with van der Waals surface area (Å²) < 4.78 is 9.51. The molecule has 1 rings (SSSR count). The van der Waals surface area contributed by atoms with E-state index in [-0.39, 0.29) is 19.0 Å². The predicted molar refractivity (Wildman–Crippen MR) is 65.4 cm³/mol. The molecule has 106 valence electrons. The van der Waals surface area contributed by atoms with Crippen LogP contribution in [0.4, 0.5) is 5.82 Å². The third-order valence-electron chi connectivity index (χ3n) is 2.16. The van der Waals surface area contributed by atoms with Crippen molar-refractivity contribution < 1.29 is 24.0 Å². The van der Waals surface area contributed by atoms with Gasteiger partial charge in [-0.15, -0.1) is 0 Å². The summed E-state index contributed by atoms with van der Waals surface area (Å²) in [7, 11) is 1.43. The Hall–Kier alpha value is -1.93. The fraction of sp³-hybridized carbons (Fsp3) is 0.545. The van der Waals surface area contributed by atoms with Crippen LogP contribution in [0.2, 0.25) is 0 Å². The molecule has 8 heteroatoms. The van der Waals surface area contributed by atoms with Crippen molar-refractivity contribution in [1.82, 2.24) is 10.5 Å². The Bertz CT molecular complexity index is 455. The second kappa shape index (κ2) is 6.30. The molecule has 0 aromatic carbocycles. The molecule has 0 saturated carbocycles. The van der Waals surface area contributed by atoms with Gasteiger partial charge in [-0.2, -0.15) is 0 Å².